The van der Waals surface area contributed by atoms with Gasteiger partial charge >= 0.3 is 160 Å². The molecule has 0 amide bonds. The zero-order chi connectivity index (χ0) is 17.0. The average Bonchev–Trinajstić information content (AvgIpc) is 3.11. The van der Waals surface area contributed by atoms with Gasteiger partial charge in [0.1, 0.15) is 0 Å². The molecule has 0 bridgehead atoms. The van der Waals surface area contributed by atoms with E-state index in [0.717, 1.165) is 0 Å². The van der Waals surface area contributed by atoms with E-state index < -0.39 is 21.4 Å². The van der Waals surface area contributed by atoms with Gasteiger partial charge < -0.3 is 24.8 Å². The predicted molar refractivity (Wildman–Crippen MR) is 103 cm³/mol. The molecule has 2 atom stereocenters. The third-order valence-corrected chi connectivity index (χ3v) is 17.8. The number of hydrogen-bond acceptors (Lipinski definition) is 0. The first-order chi connectivity index (χ1) is 12.2. The Morgan fingerprint density at radius 3 is 1.89 bits per heavy atom. The minimum Gasteiger partial charge on any atom is -1.00 e. The van der Waals surface area contributed by atoms with Crippen LogP contribution in [0.4, 0.5) is 0 Å². The van der Waals surface area contributed by atoms with Gasteiger partial charge in [0, 0.05) is 0 Å². The van der Waals surface area contributed by atoms with Crippen LogP contribution in [0.25, 0.3) is 12.2 Å². The van der Waals surface area contributed by atoms with Gasteiger partial charge in [-0.05, 0) is 0 Å². The summed E-state index contributed by atoms with van der Waals surface area (Å²) in [7, 11) is 0. The Hall–Kier alpha value is -0.630. The van der Waals surface area contributed by atoms with Gasteiger partial charge in [-0.1, -0.05) is 0 Å². The molecule has 3 heteroatoms. The van der Waals surface area contributed by atoms with E-state index in [1.165, 1.54) is 17.5 Å². The van der Waals surface area contributed by atoms with E-state index in [-0.39, 0.29) is 24.8 Å². The van der Waals surface area contributed by atoms with Gasteiger partial charge in [0.2, 0.25) is 0 Å². The van der Waals surface area contributed by atoms with Gasteiger partial charge in [0.25, 0.3) is 0 Å². The molecule has 1 saturated heterocycles. The van der Waals surface area contributed by atoms with E-state index in [9.17, 15) is 0 Å². The van der Waals surface area contributed by atoms with Gasteiger partial charge in [-0.15, -0.1) is 0 Å². The number of allylic oxidation sites excluding steroid dienone is 2. The molecule has 0 N–H and O–H groups in total. The zero-order valence-electron chi connectivity index (χ0n) is 15.9. The van der Waals surface area contributed by atoms with Crippen LogP contribution in [-0.2, 0) is 21.4 Å². The van der Waals surface area contributed by atoms with Crippen LogP contribution in [0, 0.1) is 5.92 Å². The number of benzene rings is 2. The minimum absolute atomic E-state index is 0. The minimum atomic E-state index is -1.49. The second-order valence-electron chi connectivity index (χ2n) is 8.07. The van der Waals surface area contributed by atoms with Crippen molar-refractivity contribution >= 4 is 12.2 Å². The monoisotopic (exact) mass is 563 g/mol. The van der Waals surface area contributed by atoms with E-state index in [0.29, 0.717) is 17.8 Å². The first-order valence-electron chi connectivity index (χ1n) is 9.70. The van der Waals surface area contributed by atoms with E-state index >= 15 is 0 Å². The molecule has 2 aromatic rings. The number of fused-ring (bicyclic) bond motifs is 2. The molecule has 2 aromatic carbocycles. The molecular weight excluding hydrogens is 538 g/mol. The van der Waals surface area contributed by atoms with Crippen LogP contribution in [0.2, 0.25) is 8.35 Å². The second-order valence-corrected chi connectivity index (χ2v) is 18.1. The first kappa shape index (κ1) is 21.1. The molecule has 1 heterocycles. The Balaban J connectivity index is 0.00000105. The van der Waals surface area contributed by atoms with Gasteiger partial charge in [-0.2, -0.15) is 0 Å². The number of hydrogen-bond donors (Lipinski definition) is 0. The van der Waals surface area contributed by atoms with Gasteiger partial charge in [0.05, 0.1) is 0 Å². The van der Waals surface area contributed by atoms with Crippen molar-refractivity contribution in [3.05, 3.63) is 79.7 Å². The molecule has 0 saturated carbocycles. The van der Waals surface area contributed by atoms with Crippen molar-refractivity contribution < 1.29 is 46.3 Å². The summed E-state index contributed by atoms with van der Waals surface area (Å²) >= 11 is -1.49. The van der Waals surface area contributed by atoms with Gasteiger partial charge in [-0.3, -0.25) is 0 Å². The molecule has 1 fully saturated rings. The van der Waals surface area contributed by atoms with Crippen LogP contribution >= 0.6 is 0 Å². The van der Waals surface area contributed by atoms with Crippen molar-refractivity contribution in [1.29, 1.82) is 0 Å². The Kier molecular flexibility index (Phi) is 6.56. The van der Waals surface area contributed by atoms with Crippen molar-refractivity contribution in [2.24, 2.45) is 5.92 Å². The summed E-state index contributed by atoms with van der Waals surface area (Å²) in [5.41, 5.74) is 7.81. The summed E-state index contributed by atoms with van der Waals surface area (Å²) < 4.78 is 5.11. The van der Waals surface area contributed by atoms with Crippen LogP contribution in [0.1, 0.15) is 54.4 Å². The van der Waals surface area contributed by atoms with Gasteiger partial charge in [0.15, 0.2) is 0 Å². The summed E-state index contributed by atoms with van der Waals surface area (Å²) in [5, 5.41) is 0. The second kappa shape index (κ2) is 8.39. The van der Waals surface area contributed by atoms with E-state index in [2.05, 4.69) is 74.5 Å². The average molecular weight is 563 g/mol. The van der Waals surface area contributed by atoms with Crippen molar-refractivity contribution in [1.82, 2.24) is 0 Å². The molecular formula is C24H25Cl2Hf. The Morgan fingerprint density at radius 2 is 1.33 bits per heavy atom. The smallest absolute Gasteiger partial charge is 1.00 e. The Bertz CT molecular complexity index is 893. The van der Waals surface area contributed by atoms with Crippen molar-refractivity contribution in [2.45, 2.75) is 40.5 Å². The van der Waals surface area contributed by atoms with Gasteiger partial charge in [-0.25, -0.2) is 0 Å². The summed E-state index contributed by atoms with van der Waals surface area (Å²) in [6.07, 6.45) is 6.62. The number of halogens is 2. The third-order valence-electron chi connectivity index (χ3n) is 6.35. The van der Waals surface area contributed by atoms with E-state index in [1.807, 2.05) is 3.33 Å². The molecule has 27 heavy (non-hydrogen) atoms. The largest absolute Gasteiger partial charge is 1.00 e. The molecule has 0 radical (unpaired) electrons. The van der Waals surface area contributed by atoms with E-state index in [4.69, 9.17) is 0 Å². The fourth-order valence-corrected chi connectivity index (χ4v) is 13.6. The standard InChI is InChI=1S/C21H19.C3H6.2ClH.Hf/c1-14(2)20-13-16-8-4-6-10-18(16)21(20)19-12-11-15-7-3-5-9-17(15)19;1-3-2;;;/h3-11,13-14,19,21H,1-2H3;1-3H2;2*1H;/q;;;;+2/p-2. The fraction of sp³-hybridized carbons (Fsp3) is 0.333. The summed E-state index contributed by atoms with van der Waals surface area (Å²) in [6.45, 7) is 4.75. The summed E-state index contributed by atoms with van der Waals surface area (Å²) in [5.74, 6) is 1.82. The van der Waals surface area contributed by atoms with Crippen LogP contribution < -0.4 is 24.8 Å². The maximum Gasteiger partial charge on any atom is -1.00 e. The Labute approximate surface area is 183 Å². The summed E-state index contributed by atoms with van der Waals surface area (Å²) in [4.78, 5) is 0. The molecule has 5 rings (SSSR count). The zero-order valence-corrected chi connectivity index (χ0v) is 21.0. The van der Waals surface area contributed by atoms with Crippen molar-refractivity contribution in [2.75, 3.05) is 0 Å². The molecule has 0 spiro atoms. The van der Waals surface area contributed by atoms with Crippen LogP contribution in [0.5, 0.6) is 0 Å². The topological polar surface area (TPSA) is 0 Å². The van der Waals surface area contributed by atoms with Crippen LogP contribution in [0.3, 0.4) is 0 Å². The van der Waals surface area contributed by atoms with Crippen LogP contribution in [0.15, 0.2) is 57.4 Å². The molecule has 2 aliphatic carbocycles. The van der Waals surface area contributed by atoms with Crippen molar-refractivity contribution in [3.63, 3.8) is 0 Å². The fourth-order valence-electron chi connectivity index (χ4n) is 4.95. The first-order valence-corrected chi connectivity index (χ1v) is 16.6. The molecule has 3 aliphatic rings. The van der Waals surface area contributed by atoms with Crippen LogP contribution in [-0.4, -0.2) is 0 Å². The maximum absolute atomic E-state index is 2.63. The number of rotatable bonds is 3. The SMILES string of the molecule is CC(C)C1=Cc2ccccc2C1C1[C]([Hf+2]2[CH2]C[CH2]2)=Cc2ccccc21.[Cl-].[Cl-]. The predicted octanol–water partition coefficient (Wildman–Crippen LogP) is 0.828. The molecule has 0 nitrogen and oxygen atoms in total. The maximum atomic E-state index is 2.63. The molecule has 1 aliphatic heterocycles. The third kappa shape index (κ3) is 3.45. The van der Waals surface area contributed by atoms with Crippen molar-refractivity contribution in [3.8, 4) is 0 Å². The van der Waals surface area contributed by atoms with E-state index in [1.54, 1.807) is 25.1 Å². The quantitative estimate of drug-likeness (QED) is 0.487. The normalized spacial score (nSPS) is 22.1. The summed E-state index contributed by atoms with van der Waals surface area (Å²) in [6, 6.07) is 18.4. The molecule has 0 aromatic heterocycles. The Morgan fingerprint density at radius 1 is 0.778 bits per heavy atom. The molecule has 2 unspecified atom stereocenters. The molecule has 139 valence electrons.